The maximum Gasteiger partial charge on any atom is 0.353 e. The summed E-state index contributed by atoms with van der Waals surface area (Å²) >= 11 is 0. The van der Waals surface area contributed by atoms with Gasteiger partial charge in [-0.15, -0.1) is 0 Å². The predicted molar refractivity (Wildman–Crippen MR) is 87.7 cm³/mol. The average molecular weight is 327 g/mol. The molecule has 0 aliphatic heterocycles. The zero-order valence-electron chi connectivity index (χ0n) is 12.9. The van der Waals surface area contributed by atoms with Crippen LogP contribution in [0.25, 0.3) is 0 Å². The molecule has 1 aromatic heterocycles. The van der Waals surface area contributed by atoms with Crippen LogP contribution in [0.1, 0.15) is 17.8 Å². The predicted octanol–water partition coefficient (Wildman–Crippen LogP) is 4.94. The number of carbonyl (C=O) groups is 1. The van der Waals surface area contributed by atoms with Crippen molar-refractivity contribution in [2.45, 2.75) is 13.3 Å². The van der Waals surface area contributed by atoms with Crippen molar-refractivity contribution in [3.8, 4) is 0 Å². The number of hydrogen-bond donors (Lipinski definition) is 0. The molecule has 2 aromatic carbocycles. The van der Waals surface area contributed by atoms with E-state index in [0.29, 0.717) is 17.1 Å². The maximum absolute atomic E-state index is 13.0. The summed E-state index contributed by atoms with van der Waals surface area (Å²) in [5.74, 6) is 0. The Bertz CT molecular complexity index is 792. The minimum Gasteiger partial charge on any atom is -0.261 e. The van der Waals surface area contributed by atoms with Crippen LogP contribution in [-0.4, -0.2) is 15.8 Å². The van der Waals surface area contributed by atoms with Gasteiger partial charge in [0.1, 0.15) is 5.69 Å². The van der Waals surface area contributed by atoms with Crippen molar-refractivity contribution in [1.82, 2.24) is 9.78 Å². The largest absolute Gasteiger partial charge is 0.353 e. The van der Waals surface area contributed by atoms with Gasteiger partial charge in [-0.1, -0.05) is 36.4 Å². The number of benzene rings is 2. The maximum atomic E-state index is 13.0. The zero-order chi connectivity index (χ0) is 17.1. The molecule has 122 valence electrons. The van der Waals surface area contributed by atoms with E-state index in [-0.39, 0.29) is 0 Å². The van der Waals surface area contributed by atoms with Crippen molar-refractivity contribution >= 4 is 17.4 Å². The number of nitrogens with zero attached hydrogens (tertiary/aromatic N) is 3. The molecule has 24 heavy (non-hydrogen) atoms. The molecular weight excluding hydrogens is 312 g/mol. The number of halogens is 2. The monoisotopic (exact) mass is 327 g/mol. The van der Waals surface area contributed by atoms with Gasteiger partial charge in [0.25, 0.3) is 6.43 Å². The lowest BCUT2D eigenvalue weighted by atomic mass is 10.2. The third-order valence-electron chi connectivity index (χ3n) is 3.53. The number of aryl methyl sites for hydroxylation is 1. The Hall–Kier alpha value is -3.02. The average Bonchev–Trinajstić information content (AvgIpc) is 2.99. The SMILES string of the molecule is Cc1cc(C(F)F)nn1C(=O)N(c1ccccc1)c1ccccc1. The van der Waals surface area contributed by atoms with Crippen LogP contribution in [0.5, 0.6) is 0 Å². The fourth-order valence-corrected chi connectivity index (χ4v) is 2.42. The van der Waals surface area contributed by atoms with E-state index in [9.17, 15) is 13.6 Å². The molecule has 4 nitrogen and oxygen atoms in total. The Labute approximate surface area is 138 Å². The summed E-state index contributed by atoms with van der Waals surface area (Å²) in [6.07, 6.45) is -2.72. The fourth-order valence-electron chi connectivity index (χ4n) is 2.42. The highest BCUT2D eigenvalue weighted by molar-refractivity contribution is 6.00. The number of carbonyl (C=O) groups excluding carboxylic acids is 1. The fraction of sp³-hybridized carbons (Fsp3) is 0.111. The lowest BCUT2D eigenvalue weighted by Crippen LogP contribution is -2.32. The van der Waals surface area contributed by atoms with Crippen molar-refractivity contribution in [2.24, 2.45) is 0 Å². The minimum absolute atomic E-state index is 0.354. The Morgan fingerprint density at radius 1 is 1.00 bits per heavy atom. The smallest absolute Gasteiger partial charge is 0.261 e. The van der Waals surface area contributed by atoms with Crippen LogP contribution in [0, 0.1) is 6.92 Å². The summed E-state index contributed by atoms with van der Waals surface area (Å²) in [4.78, 5) is 14.4. The quantitative estimate of drug-likeness (QED) is 0.684. The molecule has 0 saturated carbocycles. The number of aromatic nitrogens is 2. The highest BCUT2D eigenvalue weighted by Crippen LogP contribution is 2.27. The molecule has 0 spiro atoms. The topological polar surface area (TPSA) is 38.1 Å². The van der Waals surface area contributed by atoms with Crippen molar-refractivity contribution in [2.75, 3.05) is 4.90 Å². The van der Waals surface area contributed by atoms with Gasteiger partial charge in [0, 0.05) is 5.69 Å². The van der Waals surface area contributed by atoms with Gasteiger partial charge in [-0.3, -0.25) is 4.90 Å². The Morgan fingerprint density at radius 2 is 1.50 bits per heavy atom. The van der Waals surface area contributed by atoms with Crippen molar-refractivity contribution < 1.29 is 13.6 Å². The molecule has 6 heteroatoms. The molecule has 0 saturated heterocycles. The van der Waals surface area contributed by atoms with E-state index in [1.165, 1.54) is 11.0 Å². The van der Waals surface area contributed by atoms with Crippen LogP contribution in [0.3, 0.4) is 0 Å². The lowest BCUT2D eigenvalue weighted by Gasteiger charge is -2.23. The van der Waals surface area contributed by atoms with Gasteiger partial charge in [0.2, 0.25) is 0 Å². The molecule has 1 amide bonds. The highest BCUT2D eigenvalue weighted by Gasteiger charge is 2.24. The van der Waals surface area contributed by atoms with Gasteiger partial charge in [-0.05, 0) is 37.3 Å². The number of rotatable bonds is 3. The third kappa shape index (κ3) is 3.03. The number of anilines is 2. The highest BCUT2D eigenvalue weighted by atomic mass is 19.3. The first-order valence-electron chi connectivity index (χ1n) is 7.37. The van der Waals surface area contributed by atoms with E-state index < -0.39 is 18.2 Å². The molecular formula is C18H15F2N3O. The van der Waals surface area contributed by atoms with Crippen LogP contribution in [0.2, 0.25) is 0 Å². The summed E-state index contributed by atoms with van der Waals surface area (Å²) in [7, 11) is 0. The van der Waals surface area contributed by atoms with E-state index in [1.54, 1.807) is 55.5 Å². The molecule has 0 bridgehead atoms. The van der Waals surface area contributed by atoms with Gasteiger partial charge >= 0.3 is 6.03 Å². The van der Waals surface area contributed by atoms with Gasteiger partial charge < -0.3 is 0 Å². The molecule has 3 aromatic rings. The van der Waals surface area contributed by atoms with E-state index in [0.717, 1.165) is 4.68 Å². The second kappa shape index (κ2) is 6.62. The molecule has 0 aliphatic carbocycles. The summed E-state index contributed by atoms with van der Waals surface area (Å²) in [5, 5.41) is 3.76. The summed E-state index contributed by atoms with van der Waals surface area (Å²) in [6, 6.07) is 18.7. The minimum atomic E-state index is -2.72. The van der Waals surface area contributed by atoms with E-state index in [1.807, 2.05) is 12.1 Å². The number of amides is 1. The summed E-state index contributed by atoms with van der Waals surface area (Å²) in [6.45, 7) is 1.57. The molecule has 0 atom stereocenters. The lowest BCUT2D eigenvalue weighted by molar-refractivity contribution is 0.145. The van der Waals surface area contributed by atoms with E-state index >= 15 is 0 Å². The second-order valence-corrected chi connectivity index (χ2v) is 5.21. The van der Waals surface area contributed by atoms with Crippen LogP contribution in [0.15, 0.2) is 66.7 Å². The van der Waals surface area contributed by atoms with Crippen molar-refractivity contribution in [3.05, 3.63) is 78.1 Å². The van der Waals surface area contributed by atoms with Crippen LogP contribution >= 0.6 is 0 Å². The van der Waals surface area contributed by atoms with Gasteiger partial charge in [-0.25, -0.2) is 13.6 Å². The van der Waals surface area contributed by atoms with Crippen LogP contribution < -0.4 is 4.90 Å². The zero-order valence-corrected chi connectivity index (χ0v) is 12.9. The molecule has 1 heterocycles. The number of para-hydroxylation sites is 2. The Kier molecular flexibility index (Phi) is 4.37. The second-order valence-electron chi connectivity index (χ2n) is 5.21. The molecule has 0 fully saturated rings. The summed E-state index contributed by atoms with van der Waals surface area (Å²) < 4.78 is 26.7. The molecule has 0 N–H and O–H groups in total. The van der Waals surface area contributed by atoms with Crippen LogP contribution in [0.4, 0.5) is 25.0 Å². The van der Waals surface area contributed by atoms with Crippen molar-refractivity contribution in [3.63, 3.8) is 0 Å². The van der Waals surface area contributed by atoms with Gasteiger partial charge in [0.05, 0.1) is 11.4 Å². The van der Waals surface area contributed by atoms with Gasteiger partial charge in [0.15, 0.2) is 0 Å². The van der Waals surface area contributed by atoms with E-state index in [4.69, 9.17) is 0 Å². The first kappa shape index (κ1) is 15.9. The van der Waals surface area contributed by atoms with Crippen molar-refractivity contribution in [1.29, 1.82) is 0 Å². The van der Waals surface area contributed by atoms with Gasteiger partial charge in [-0.2, -0.15) is 9.78 Å². The number of alkyl halides is 2. The summed E-state index contributed by atoms with van der Waals surface area (Å²) in [5.41, 5.74) is 1.19. The Balaban J connectivity index is 2.08. The normalized spacial score (nSPS) is 10.8. The Morgan fingerprint density at radius 3 is 1.92 bits per heavy atom. The molecule has 0 radical (unpaired) electrons. The molecule has 0 unspecified atom stereocenters. The number of hydrogen-bond acceptors (Lipinski definition) is 2. The molecule has 3 rings (SSSR count). The van der Waals surface area contributed by atoms with Crippen LogP contribution in [-0.2, 0) is 0 Å². The first-order chi connectivity index (χ1) is 11.6. The van der Waals surface area contributed by atoms with E-state index in [2.05, 4.69) is 5.10 Å². The first-order valence-corrected chi connectivity index (χ1v) is 7.37. The third-order valence-corrected chi connectivity index (χ3v) is 3.53. The molecule has 0 aliphatic rings. The standard InChI is InChI=1S/C18H15F2N3O/c1-13-12-16(17(19)20)21-23(13)18(24)22(14-8-4-2-5-9-14)15-10-6-3-7-11-15/h2-12,17H,1H3.